The summed E-state index contributed by atoms with van der Waals surface area (Å²) in [5.74, 6) is 3.90. The molecule has 0 radical (unpaired) electrons. The largest absolute Gasteiger partial charge is 0.465 e. The first-order chi connectivity index (χ1) is 9.60. The van der Waals surface area contributed by atoms with Crippen molar-refractivity contribution in [3.8, 4) is 0 Å². The Bertz CT molecular complexity index is 403. The molecule has 114 valence electrons. The van der Waals surface area contributed by atoms with Crippen molar-refractivity contribution in [3.63, 3.8) is 0 Å². The van der Waals surface area contributed by atoms with E-state index in [1.807, 2.05) is 0 Å². The number of nitrogens with zero attached hydrogens (tertiary/aromatic N) is 1. The van der Waals surface area contributed by atoms with E-state index >= 15 is 0 Å². The van der Waals surface area contributed by atoms with Crippen molar-refractivity contribution < 1.29 is 4.42 Å². The van der Waals surface area contributed by atoms with E-state index in [1.165, 1.54) is 31.5 Å². The maximum Gasteiger partial charge on any atom is 0.118 e. The van der Waals surface area contributed by atoms with Crippen LogP contribution in [0.5, 0.6) is 0 Å². The highest BCUT2D eigenvalue weighted by Gasteiger charge is 2.22. The molecule has 1 aromatic heterocycles. The minimum absolute atomic E-state index is 0.833. The fourth-order valence-corrected chi connectivity index (χ4v) is 3.10. The number of furan rings is 1. The van der Waals surface area contributed by atoms with E-state index < -0.39 is 0 Å². The maximum absolute atomic E-state index is 5.83. The molecule has 0 aromatic carbocycles. The Balaban J connectivity index is 1.86. The third-order valence-electron chi connectivity index (χ3n) is 4.59. The Kier molecular flexibility index (Phi) is 5.67. The zero-order valence-electron chi connectivity index (χ0n) is 13.5. The molecule has 1 saturated heterocycles. The highest BCUT2D eigenvalue weighted by Crippen LogP contribution is 2.26. The molecule has 0 bridgehead atoms. The highest BCUT2D eigenvalue weighted by molar-refractivity contribution is 5.20. The van der Waals surface area contributed by atoms with Gasteiger partial charge in [-0.2, -0.15) is 0 Å². The molecule has 3 heteroatoms. The topological polar surface area (TPSA) is 28.4 Å². The molecule has 0 aliphatic carbocycles. The molecule has 0 atom stereocenters. The van der Waals surface area contributed by atoms with Crippen LogP contribution in [0.3, 0.4) is 0 Å². The van der Waals surface area contributed by atoms with Gasteiger partial charge in [-0.05, 0) is 57.3 Å². The number of rotatable bonds is 6. The van der Waals surface area contributed by atoms with E-state index in [1.54, 1.807) is 0 Å². The molecule has 1 fully saturated rings. The number of nitrogens with one attached hydrogen (secondary N) is 1. The van der Waals surface area contributed by atoms with Crippen molar-refractivity contribution in [2.24, 2.45) is 11.8 Å². The first-order valence-corrected chi connectivity index (χ1v) is 8.11. The first kappa shape index (κ1) is 15.6. The van der Waals surface area contributed by atoms with Gasteiger partial charge in [0.1, 0.15) is 11.5 Å². The fourth-order valence-electron chi connectivity index (χ4n) is 3.10. The van der Waals surface area contributed by atoms with E-state index in [2.05, 4.69) is 44.0 Å². The molecule has 2 heterocycles. The molecule has 0 amide bonds. The van der Waals surface area contributed by atoms with Crippen LogP contribution in [0.2, 0.25) is 0 Å². The predicted octanol–water partition coefficient (Wildman–Crippen LogP) is 3.57. The monoisotopic (exact) mass is 278 g/mol. The van der Waals surface area contributed by atoms with Gasteiger partial charge in [-0.25, -0.2) is 0 Å². The van der Waals surface area contributed by atoms with Crippen molar-refractivity contribution >= 4 is 0 Å². The van der Waals surface area contributed by atoms with E-state index in [0.717, 1.165) is 43.0 Å². The minimum atomic E-state index is 0.833. The van der Waals surface area contributed by atoms with Crippen molar-refractivity contribution in [2.75, 3.05) is 19.6 Å². The summed E-state index contributed by atoms with van der Waals surface area (Å²) in [5.41, 5.74) is 1.36. The lowest BCUT2D eigenvalue weighted by Crippen LogP contribution is -2.34. The van der Waals surface area contributed by atoms with Gasteiger partial charge in [0.15, 0.2) is 0 Å². The molecule has 0 spiro atoms. The molecule has 1 N–H and O–H groups in total. The normalized spacial score (nSPS) is 18.1. The molecule has 2 rings (SSSR count). The van der Waals surface area contributed by atoms with Gasteiger partial charge in [0.25, 0.3) is 0 Å². The van der Waals surface area contributed by atoms with Crippen LogP contribution in [0.25, 0.3) is 0 Å². The smallest absolute Gasteiger partial charge is 0.118 e. The van der Waals surface area contributed by atoms with Gasteiger partial charge in [-0.3, -0.25) is 4.90 Å². The molecule has 0 unspecified atom stereocenters. The predicted molar refractivity (Wildman–Crippen MR) is 83.7 cm³/mol. The quantitative estimate of drug-likeness (QED) is 0.862. The van der Waals surface area contributed by atoms with E-state index in [4.69, 9.17) is 4.42 Å². The molecule has 0 saturated carbocycles. The fraction of sp³-hybridized carbons (Fsp3) is 0.765. The summed E-state index contributed by atoms with van der Waals surface area (Å²) in [4.78, 5) is 2.58. The van der Waals surface area contributed by atoms with Crippen LogP contribution in [-0.4, -0.2) is 24.5 Å². The Morgan fingerprint density at radius 2 is 2.05 bits per heavy atom. The van der Waals surface area contributed by atoms with Crippen molar-refractivity contribution in [1.29, 1.82) is 0 Å². The molecule has 1 aromatic rings. The molecule has 20 heavy (non-hydrogen) atoms. The molecule has 1 aliphatic rings. The van der Waals surface area contributed by atoms with Gasteiger partial charge in [-0.1, -0.05) is 20.8 Å². The van der Waals surface area contributed by atoms with Crippen LogP contribution in [0.4, 0.5) is 0 Å². The lowest BCUT2D eigenvalue weighted by Gasteiger charge is -2.33. The summed E-state index contributed by atoms with van der Waals surface area (Å²) < 4.78 is 5.83. The van der Waals surface area contributed by atoms with Crippen LogP contribution in [0.15, 0.2) is 10.5 Å². The van der Waals surface area contributed by atoms with Gasteiger partial charge in [-0.15, -0.1) is 0 Å². The molecule has 1 aliphatic heterocycles. The summed E-state index contributed by atoms with van der Waals surface area (Å²) in [6, 6.07) is 2.23. The van der Waals surface area contributed by atoms with Crippen LogP contribution in [-0.2, 0) is 13.1 Å². The number of hydrogen-bond acceptors (Lipinski definition) is 3. The molecular weight excluding hydrogens is 248 g/mol. The van der Waals surface area contributed by atoms with Gasteiger partial charge >= 0.3 is 0 Å². The number of aryl methyl sites for hydroxylation is 1. The number of piperidine rings is 1. The van der Waals surface area contributed by atoms with E-state index in [-0.39, 0.29) is 0 Å². The summed E-state index contributed by atoms with van der Waals surface area (Å²) in [7, 11) is 0. The highest BCUT2D eigenvalue weighted by atomic mass is 16.3. The third-order valence-corrected chi connectivity index (χ3v) is 4.59. The second-order valence-corrected chi connectivity index (χ2v) is 6.43. The Morgan fingerprint density at radius 3 is 2.65 bits per heavy atom. The van der Waals surface area contributed by atoms with E-state index in [9.17, 15) is 0 Å². The van der Waals surface area contributed by atoms with Gasteiger partial charge < -0.3 is 9.73 Å². The van der Waals surface area contributed by atoms with E-state index in [0.29, 0.717) is 0 Å². The van der Waals surface area contributed by atoms with Crippen molar-refractivity contribution in [3.05, 3.63) is 23.2 Å². The van der Waals surface area contributed by atoms with Gasteiger partial charge in [0, 0.05) is 12.1 Å². The summed E-state index contributed by atoms with van der Waals surface area (Å²) in [5, 5.41) is 3.32. The number of hydrogen-bond donors (Lipinski definition) is 1. The van der Waals surface area contributed by atoms with Gasteiger partial charge in [0.05, 0.1) is 6.54 Å². The van der Waals surface area contributed by atoms with Crippen molar-refractivity contribution in [2.45, 2.75) is 53.6 Å². The van der Waals surface area contributed by atoms with Crippen LogP contribution >= 0.6 is 0 Å². The third kappa shape index (κ3) is 4.10. The van der Waals surface area contributed by atoms with Crippen LogP contribution in [0, 0.1) is 18.8 Å². The lowest BCUT2D eigenvalue weighted by molar-refractivity contribution is 0.151. The van der Waals surface area contributed by atoms with Crippen LogP contribution in [0.1, 0.15) is 50.7 Å². The van der Waals surface area contributed by atoms with Crippen molar-refractivity contribution in [1.82, 2.24) is 10.2 Å². The van der Waals surface area contributed by atoms with Gasteiger partial charge in [0.2, 0.25) is 0 Å². The minimum Gasteiger partial charge on any atom is -0.465 e. The lowest BCUT2D eigenvalue weighted by atomic mass is 9.86. The number of likely N-dealkylation sites (tertiary alicyclic amines) is 1. The maximum atomic E-state index is 5.83. The average Bonchev–Trinajstić information content (AvgIpc) is 2.77. The molecular formula is C17H30N2O. The summed E-state index contributed by atoms with van der Waals surface area (Å²) in [6.07, 6.45) is 2.69. The summed E-state index contributed by atoms with van der Waals surface area (Å²) in [6.45, 7) is 14.3. The Hall–Kier alpha value is -0.800. The average molecular weight is 278 g/mol. The van der Waals surface area contributed by atoms with Crippen LogP contribution < -0.4 is 5.32 Å². The zero-order valence-corrected chi connectivity index (χ0v) is 13.5. The Labute approximate surface area is 123 Å². The standard InChI is InChI=1S/C17H30N2O/c1-5-18-11-17-10-16(14(4)20-17)12-19-8-6-15(7-9-19)13(2)3/h10,13,15,18H,5-9,11-12H2,1-4H3. The molecule has 3 nitrogen and oxygen atoms in total. The Morgan fingerprint density at radius 1 is 1.35 bits per heavy atom. The SMILES string of the molecule is CCNCc1cc(CN2CCC(C(C)C)CC2)c(C)o1. The zero-order chi connectivity index (χ0) is 14.5. The summed E-state index contributed by atoms with van der Waals surface area (Å²) >= 11 is 0. The first-order valence-electron chi connectivity index (χ1n) is 8.11. The second-order valence-electron chi connectivity index (χ2n) is 6.43. The second kappa shape index (κ2) is 7.28.